The first-order chi connectivity index (χ1) is 15.8. The third-order valence-corrected chi connectivity index (χ3v) is 7.86. The van der Waals surface area contributed by atoms with E-state index in [2.05, 4.69) is 5.32 Å². The summed E-state index contributed by atoms with van der Waals surface area (Å²) in [6.07, 6.45) is 0. The van der Waals surface area contributed by atoms with E-state index in [9.17, 15) is 17.6 Å². The maximum Gasteiger partial charge on any atom is 0.244 e. The quantitative estimate of drug-likeness (QED) is 0.542. The molecular formula is C22H23Cl2FN4O4S. The molecule has 1 saturated heterocycles. The molecule has 2 aromatic carbocycles. The third-order valence-electron chi connectivity index (χ3n) is 5.35. The number of nitrogens with two attached hydrogens (primary N) is 1. The summed E-state index contributed by atoms with van der Waals surface area (Å²) in [5, 5.41) is 11.9. The highest BCUT2D eigenvalue weighted by molar-refractivity contribution is 7.89. The van der Waals surface area contributed by atoms with E-state index in [-0.39, 0.29) is 47.5 Å². The van der Waals surface area contributed by atoms with Gasteiger partial charge in [-0.3, -0.25) is 4.79 Å². The van der Waals surface area contributed by atoms with Crippen LogP contribution in [0.4, 0.5) is 4.39 Å². The molecule has 2 aromatic rings. The molecule has 1 aliphatic rings. The van der Waals surface area contributed by atoms with Crippen LogP contribution in [-0.2, 0) is 14.8 Å². The summed E-state index contributed by atoms with van der Waals surface area (Å²) < 4.78 is 47.1. The molecule has 1 aliphatic heterocycles. The zero-order valence-electron chi connectivity index (χ0n) is 18.4. The molecule has 0 atom stereocenters. The maximum atomic E-state index is 13.9. The largest absolute Gasteiger partial charge is 0.493 e. The number of nitrogens with one attached hydrogen (secondary N) is 1. The van der Waals surface area contributed by atoms with E-state index >= 15 is 0 Å². The van der Waals surface area contributed by atoms with Crippen LogP contribution < -0.4 is 15.8 Å². The van der Waals surface area contributed by atoms with Gasteiger partial charge in [-0.15, -0.1) is 0 Å². The van der Waals surface area contributed by atoms with E-state index in [1.807, 2.05) is 0 Å². The molecule has 0 radical (unpaired) electrons. The van der Waals surface area contributed by atoms with Gasteiger partial charge in [-0.25, -0.2) is 12.8 Å². The Morgan fingerprint density at radius 3 is 2.53 bits per heavy atom. The zero-order valence-corrected chi connectivity index (χ0v) is 20.8. The van der Waals surface area contributed by atoms with Crippen LogP contribution in [-0.4, -0.2) is 50.4 Å². The van der Waals surface area contributed by atoms with Crippen LogP contribution in [0.2, 0.25) is 10.0 Å². The van der Waals surface area contributed by atoms with E-state index < -0.39 is 32.7 Å². The van der Waals surface area contributed by atoms with Gasteiger partial charge in [0, 0.05) is 36.1 Å². The normalized spacial score (nSPS) is 15.8. The Morgan fingerprint density at radius 1 is 1.29 bits per heavy atom. The van der Waals surface area contributed by atoms with Gasteiger partial charge in [0.1, 0.15) is 22.5 Å². The zero-order chi connectivity index (χ0) is 25.3. The number of nitriles is 1. The van der Waals surface area contributed by atoms with Gasteiger partial charge in [-0.1, -0.05) is 23.2 Å². The number of halogens is 3. The summed E-state index contributed by atoms with van der Waals surface area (Å²) >= 11 is 12.0. The summed E-state index contributed by atoms with van der Waals surface area (Å²) in [6, 6.07) is 9.64. The first-order valence-electron chi connectivity index (χ1n) is 10.1. The molecule has 0 spiro atoms. The van der Waals surface area contributed by atoms with Gasteiger partial charge in [-0.05, 0) is 44.2 Å². The minimum absolute atomic E-state index is 0.00695. The van der Waals surface area contributed by atoms with Crippen molar-refractivity contribution in [1.29, 1.82) is 5.26 Å². The minimum Gasteiger partial charge on any atom is -0.493 e. The lowest BCUT2D eigenvalue weighted by atomic mass is 9.82. The van der Waals surface area contributed by atoms with E-state index in [0.717, 1.165) is 6.07 Å². The molecule has 1 fully saturated rings. The highest BCUT2D eigenvalue weighted by Gasteiger charge is 2.50. The highest BCUT2D eigenvalue weighted by Crippen LogP contribution is 2.37. The number of sulfonamides is 1. The molecule has 0 bridgehead atoms. The van der Waals surface area contributed by atoms with Crippen molar-refractivity contribution in [2.24, 2.45) is 11.1 Å². The average molecular weight is 529 g/mol. The van der Waals surface area contributed by atoms with Crippen molar-refractivity contribution in [2.75, 3.05) is 26.2 Å². The number of carbonyl (C=O) groups excluding carboxylic acids is 1. The van der Waals surface area contributed by atoms with Gasteiger partial charge < -0.3 is 15.8 Å². The summed E-state index contributed by atoms with van der Waals surface area (Å²) in [5.74, 6) is -0.982. The second-order valence-electron chi connectivity index (χ2n) is 8.79. The van der Waals surface area contributed by atoms with Crippen LogP contribution in [0.5, 0.6) is 5.75 Å². The van der Waals surface area contributed by atoms with Gasteiger partial charge in [0.25, 0.3) is 0 Å². The second kappa shape index (κ2) is 9.68. The van der Waals surface area contributed by atoms with E-state index in [0.29, 0.717) is 5.02 Å². The van der Waals surface area contributed by atoms with E-state index in [1.54, 1.807) is 19.9 Å². The Kier molecular flexibility index (Phi) is 7.45. The minimum atomic E-state index is -3.93. The Hall–Kier alpha value is -2.42. The molecule has 1 heterocycles. The summed E-state index contributed by atoms with van der Waals surface area (Å²) in [5.41, 5.74) is 3.77. The van der Waals surface area contributed by atoms with E-state index in [1.165, 1.54) is 34.6 Å². The van der Waals surface area contributed by atoms with E-state index in [4.69, 9.17) is 38.9 Å². The first-order valence-corrected chi connectivity index (χ1v) is 12.3. The lowest BCUT2D eigenvalue weighted by molar-refractivity contribution is -0.126. The molecule has 0 aromatic heterocycles. The van der Waals surface area contributed by atoms with Crippen molar-refractivity contribution >= 4 is 39.1 Å². The molecule has 8 nitrogen and oxygen atoms in total. The number of carbonyl (C=O) groups is 1. The fourth-order valence-electron chi connectivity index (χ4n) is 3.36. The van der Waals surface area contributed by atoms with Gasteiger partial charge >= 0.3 is 0 Å². The third kappa shape index (κ3) is 5.62. The van der Waals surface area contributed by atoms with Gasteiger partial charge in [-0.2, -0.15) is 9.57 Å². The van der Waals surface area contributed by atoms with Crippen molar-refractivity contribution in [3.05, 3.63) is 57.8 Å². The fourth-order valence-corrected chi connectivity index (χ4v) is 5.77. The number of amides is 1. The highest BCUT2D eigenvalue weighted by atomic mass is 35.5. The monoisotopic (exact) mass is 528 g/mol. The lowest BCUT2D eigenvalue weighted by Gasteiger charge is -2.49. The SMILES string of the molecule is CC(C)(N)C(=O)NCC1(COc2ccc(C#N)c(F)c2)CN(S(=O)(=O)c2ccc(Cl)cc2Cl)C1. The van der Waals surface area contributed by atoms with Crippen molar-refractivity contribution in [3.63, 3.8) is 0 Å². The van der Waals surface area contributed by atoms with Gasteiger partial charge in [0.15, 0.2) is 0 Å². The summed E-state index contributed by atoms with van der Waals surface area (Å²) in [7, 11) is -3.93. The Bertz CT molecular complexity index is 1250. The van der Waals surface area contributed by atoms with Gasteiger partial charge in [0.05, 0.1) is 22.7 Å². The molecule has 182 valence electrons. The van der Waals surface area contributed by atoms with Crippen LogP contribution in [0.25, 0.3) is 0 Å². The van der Waals surface area contributed by atoms with Crippen LogP contribution >= 0.6 is 23.2 Å². The van der Waals surface area contributed by atoms with Crippen LogP contribution in [0.1, 0.15) is 19.4 Å². The van der Waals surface area contributed by atoms with Gasteiger partial charge in [0.2, 0.25) is 15.9 Å². The number of nitrogens with zero attached hydrogens (tertiary/aromatic N) is 2. The second-order valence-corrected chi connectivity index (χ2v) is 11.5. The lowest BCUT2D eigenvalue weighted by Crippen LogP contribution is -2.65. The predicted octanol–water partition coefficient (Wildman–Crippen LogP) is 2.93. The number of hydrogen-bond donors (Lipinski definition) is 2. The Labute approximate surface area is 207 Å². The maximum absolute atomic E-state index is 13.9. The van der Waals surface area contributed by atoms with Crippen molar-refractivity contribution in [1.82, 2.24) is 9.62 Å². The Morgan fingerprint density at radius 2 is 1.97 bits per heavy atom. The summed E-state index contributed by atoms with van der Waals surface area (Å²) in [6.45, 7) is 3.17. The summed E-state index contributed by atoms with van der Waals surface area (Å²) in [4.78, 5) is 12.2. The number of benzene rings is 2. The van der Waals surface area contributed by atoms with Crippen molar-refractivity contribution in [3.8, 4) is 11.8 Å². The molecule has 0 aliphatic carbocycles. The van der Waals surface area contributed by atoms with Crippen LogP contribution in [0.15, 0.2) is 41.3 Å². The molecule has 34 heavy (non-hydrogen) atoms. The standard InChI is InChI=1S/C22H23Cl2FN4O4S/c1-21(2,27)20(30)28-10-22(13-33-16-5-3-14(9-26)18(25)8-16)11-29(12-22)34(31,32)19-6-4-15(23)7-17(19)24/h3-8H,10-13,27H2,1-2H3,(H,28,30). The molecule has 12 heteroatoms. The molecule has 0 unspecified atom stereocenters. The predicted molar refractivity (Wildman–Crippen MR) is 126 cm³/mol. The van der Waals surface area contributed by atoms with Crippen molar-refractivity contribution < 1.29 is 22.3 Å². The first kappa shape index (κ1) is 26.2. The molecule has 0 saturated carbocycles. The molecule has 1 amide bonds. The number of rotatable bonds is 8. The molecular weight excluding hydrogens is 506 g/mol. The van der Waals surface area contributed by atoms with Crippen LogP contribution in [0, 0.1) is 22.6 Å². The number of hydrogen-bond acceptors (Lipinski definition) is 6. The van der Waals surface area contributed by atoms with Crippen LogP contribution in [0.3, 0.4) is 0 Å². The topological polar surface area (TPSA) is 126 Å². The smallest absolute Gasteiger partial charge is 0.244 e. The molecule has 3 N–H and O–H groups in total. The Balaban J connectivity index is 1.79. The van der Waals surface area contributed by atoms with Crippen molar-refractivity contribution in [2.45, 2.75) is 24.3 Å². The number of ether oxygens (including phenoxy) is 1. The average Bonchev–Trinajstić information content (AvgIpc) is 2.71. The molecule has 3 rings (SSSR count). The fraction of sp³-hybridized carbons (Fsp3) is 0.364.